The summed E-state index contributed by atoms with van der Waals surface area (Å²) in [7, 11) is 0. The van der Waals surface area contributed by atoms with Crippen molar-refractivity contribution >= 4 is 17.8 Å². The molecular weight excluding hydrogens is 404 g/mol. The van der Waals surface area contributed by atoms with Crippen LogP contribution in [0.5, 0.6) is 0 Å². The molecule has 7 nitrogen and oxygen atoms in total. The molecule has 4 amide bonds. The van der Waals surface area contributed by atoms with Crippen LogP contribution < -0.4 is 5.32 Å². The van der Waals surface area contributed by atoms with Gasteiger partial charge in [0.1, 0.15) is 5.54 Å². The molecule has 1 aromatic carbocycles. The van der Waals surface area contributed by atoms with Crippen LogP contribution in [0.2, 0.25) is 0 Å². The SMILES string of the molecule is Cc1ccc(C(=O)N2CCC([C@@]3(C)NC(=O)N(C4Cc5ccccc5C4)C3=O)CC2)cn1. The van der Waals surface area contributed by atoms with E-state index in [4.69, 9.17) is 0 Å². The fourth-order valence-corrected chi connectivity index (χ4v) is 5.44. The molecule has 0 saturated carbocycles. The Morgan fingerprint density at radius 1 is 1.06 bits per heavy atom. The maximum Gasteiger partial charge on any atom is 0.325 e. The topological polar surface area (TPSA) is 82.6 Å². The predicted molar refractivity (Wildman–Crippen MR) is 119 cm³/mol. The first-order valence-electron chi connectivity index (χ1n) is 11.3. The fourth-order valence-electron chi connectivity index (χ4n) is 5.44. The third-order valence-electron chi connectivity index (χ3n) is 7.40. The van der Waals surface area contributed by atoms with E-state index in [0.29, 0.717) is 44.3 Å². The maximum absolute atomic E-state index is 13.5. The van der Waals surface area contributed by atoms with Crippen LogP contribution in [0.1, 0.15) is 46.9 Å². The number of nitrogens with one attached hydrogen (secondary N) is 1. The number of pyridine rings is 1. The molecule has 0 radical (unpaired) electrons. The zero-order valence-electron chi connectivity index (χ0n) is 18.5. The molecule has 0 unspecified atom stereocenters. The lowest BCUT2D eigenvalue weighted by molar-refractivity contribution is -0.134. The van der Waals surface area contributed by atoms with Gasteiger partial charge in [-0.3, -0.25) is 19.5 Å². The smallest absolute Gasteiger partial charge is 0.325 e. The van der Waals surface area contributed by atoms with Gasteiger partial charge in [-0.2, -0.15) is 0 Å². The van der Waals surface area contributed by atoms with E-state index in [2.05, 4.69) is 22.4 Å². The van der Waals surface area contributed by atoms with Crippen LogP contribution >= 0.6 is 0 Å². The van der Waals surface area contributed by atoms with E-state index < -0.39 is 5.54 Å². The van der Waals surface area contributed by atoms with Gasteiger partial charge in [0, 0.05) is 31.0 Å². The molecule has 7 heteroatoms. The van der Waals surface area contributed by atoms with Gasteiger partial charge < -0.3 is 10.2 Å². The second kappa shape index (κ2) is 7.73. The van der Waals surface area contributed by atoms with Crippen molar-refractivity contribution in [2.24, 2.45) is 5.92 Å². The second-order valence-electron chi connectivity index (χ2n) is 9.39. The minimum atomic E-state index is -0.924. The third-order valence-corrected chi connectivity index (χ3v) is 7.40. The molecule has 2 saturated heterocycles. The Balaban J connectivity index is 1.26. The van der Waals surface area contributed by atoms with Crippen molar-refractivity contribution in [2.45, 2.75) is 51.1 Å². The summed E-state index contributed by atoms with van der Waals surface area (Å²) in [5, 5.41) is 3.01. The number of aryl methyl sites for hydroxylation is 1. The number of urea groups is 1. The normalized spacial score (nSPS) is 24.1. The van der Waals surface area contributed by atoms with Gasteiger partial charge in [-0.25, -0.2) is 4.79 Å². The second-order valence-corrected chi connectivity index (χ2v) is 9.39. The largest absolute Gasteiger partial charge is 0.339 e. The number of imide groups is 1. The average molecular weight is 433 g/mol. The monoisotopic (exact) mass is 432 g/mol. The first-order valence-corrected chi connectivity index (χ1v) is 11.3. The Bertz CT molecular complexity index is 1050. The van der Waals surface area contributed by atoms with Crippen LogP contribution in [0.4, 0.5) is 4.79 Å². The summed E-state index contributed by atoms with van der Waals surface area (Å²) in [6, 6.07) is 11.4. The van der Waals surface area contributed by atoms with E-state index in [0.717, 1.165) is 5.69 Å². The Hall–Kier alpha value is -3.22. The number of fused-ring (bicyclic) bond motifs is 1. The number of benzene rings is 1. The van der Waals surface area contributed by atoms with E-state index in [9.17, 15) is 14.4 Å². The highest BCUT2D eigenvalue weighted by Gasteiger charge is 2.55. The van der Waals surface area contributed by atoms with Crippen molar-refractivity contribution in [2.75, 3.05) is 13.1 Å². The molecule has 2 fully saturated rings. The lowest BCUT2D eigenvalue weighted by atomic mass is 9.78. The molecule has 1 aromatic heterocycles. The highest BCUT2D eigenvalue weighted by Crippen LogP contribution is 2.36. The highest BCUT2D eigenvalue weighted by molar-refractivity contribution is 6.07. The number of hydrogen-bond donors (Lipinski definition) is 1. The summed E-state index contributed by atoms with van der Waals surface area (Å²) in [6.45, 7) is 4.86. The Kier molecular flexibility index (Phi) is 4.99. The first-order chi connectivity index (χ1) is 15.4. The third kappa shape index (κ3) is 3.36. The molecule has 1 atom stereocenters. The van der Waals surface area contributed by atoms with Crippen molar-refractivity contribution < 1.29 is 14.4 Å². The van der Waals surface area contributed by atoms with Crippen LogP contribution in [0, 0.1) is 12.8 Å². The quantitative estimate of drug-likeness (QED) is 0.756. The van der Waals surface area contributed by atoms with Gasteiger partial charge in [0.2, 0.25) is 0 Å². The van der Waals surface area contributed by atoms with Crippen LogP contribution in [0.15, 0.2) is 42.6 Å². The number of hydrogen-bond acceptors (Lipinski definition) is 4. The zero-order chi connectivity index (χ0) is 22.5. The van der Waals surface area contributed by atoms with E-state index in [-0.39, 0.29) is 29.8 Å². The number of carbonyl (C=O) groups excluding carboxylic acids is 3. The van der Waals surface area contributed by atoms with Crippen LogP contribution in [-0.4, -0.2) is 57.3 Å². The van der Waals surface area contributed by atoms with Crippen molar-refractivity contribution in [3.05, 3.63) is 65.0 Å². The number of carbonyl (C=O) groups is 3. The molecule has 5 rings (SSSR count). The number of likely N-dealkylation sites (tertiary alicyclic amines) is 1. The molecule has 32 heavy (non-hydrogen) atoms. The van der Waals surface area contributed by atoms with Gasteiger partial charge in [0.25, 0.3) is 11.8 Å². The van der Waals surface area contributed by atoms with Crippen LogP contribution in [-0.2, 0) is 17.6 Å². The van der Waals surface area contributed by atoms with Gasteiger partial charge in [0.05, 0.1) is 5.56 Å². The molecule has 166 valence electrons. The maximum atomic E-state index is 13.5. The average Bonchev–Trinajstić information content (AvgIpc) is 3.32. The summed E-state index contributed by atoms with van der Waals surface area (Å²) in [5.41, 5.74) is 2.95. The molecule has 1 N–H and O–H groups in total. The molecule has 3 heterocycles. The van der Waals surface area contributed by atoms with E-state index in [1.54, 1.807) is 12.3 Å². The highest BCUT2D eigenvalue weighted by atomic mass is 16.2. The number of nitrogens with zero attached hydrogens (tertiary/aromatic N) is 3. The minimum absolute atomic E-state index is 0.00655. The Morgan fingerprint density at radius 2 is 1.72 bits per heavy atom. The number of amides is 4. The lowest BCUT2D eigenvalue weighted by Gasteiger charge is -2.39. The minimum Gasteiger partial charge on any atom is -0.339 e. The van der Waals surface area contributed by atoms with Crippen LogP contribution in [0.25, 0.3) is 0 Å². The molecule has 0 spiro atoms. The summed E-state index contributed by atoms with van der Waals surface area (Å²) in [4.78, 5) is 46.7. The zero-order valence-corrected chi connectivity index (χ0v) is 18.5. The lowest BCUT2D eigenvalue weighted by Crippen LogP contribution is -2.55. The summed E-state index contributed by atoms with van der Waals surface area (Å²) in [5.74, 6) is -0.172. The van der Waals surface area contributed by atoms with Crippen molar-refractivity contribution in [1.29, 1.82) is 0 Å². The van der Waals surface area contributed by atoms with Crippen molar-refractivity contribution in [1.82, 2.24) is 20.1 Å². The Labute approximate surface area is 187 Å². The van der Waals surface area contributed by atoms with Gasteiger partial charge >= 0.3 is 6.03 Å². The van der Waals surface area contributed by atoms with Gasteiger partial charge in [-0.05, 0) is 68.7 Å². The first kappa shape index (κ1) is 20.7. The van der Waals surface area contributed by atoms with Gasteiger partial charge in [-0.15, -0.1) is 0 Å². The summed E-state index contributed by atoms with van der Waals surface area (Å²) < 4.78 is 0. The van der Waals surface area contributed by atoms with E-state index >= 15 is 0 Å². The molecule has 2 aliphatic heterocycles. The van der Waals surface area contributed by atoms with Gasteiger partial charge in [0.15, 0.2) is 0 Å². The molecule has 0 bridgehead atoms. The Morgan fingerprint density at radius 3 is 2.31 bits per heavy atom. The number of rotatable bonds is 3. The molecule has 3 aliphatic rings. The fraction of sp³-hybridized carbons (Fsp3) is 0.440. The predicted octanol–water partition coefficient (Wildman–Crippen LogP) is 2.72. The summed E-state index contributed by atoms with van der Waals surface area (Å²) >= 11 is 0. The number of piperidine rings is 1. The standard InChI is InChI=1S/C25H28N4O3/c1-16-7-8-19(15-26-16)22(30)28-11-9-20(10-12-28)25(2)23(31)29(24(32)27-25)21-13-17-5-3-4-6-18(17)14-21/h3-8,15,20-21H,9-14H2,1-2H3,(H,27,32)/t25-/m1/s1. The van der Waals surface area contributed by atoms with Gasteiger partial charge in [-0.1, -0.05) is 24.3 Å². The summed E-state index contributed by atoms with van der Waals surface area (Å²) in [6.07, 6.45) is 4.38. The molecule has 1 aliphatic carbocycles. The molecule has 2 aromatic rings. The van der Waals surface area contributed by atoms with E-state index in [1.165, 1.54) is 16.0 Å². The van der Waals surface area contributed by atoms with Crippen LogP contribution in [0.3, 0.4) is 0 Å². The van der Waals surface area contributed by atoms with Crippen molar-refractivity contribution in [3.63, 3.8) is 0 Å². The number of aromatic nitrogens is 1. The molecular formula is C25H28N4O3. The van der Waals surface area contributed by atoms with E-state index in [1.807, 2.05) is 36.9 Å². The van der Waals surface area contributed by atoms with Crippen molar-refractivity contribution in [3.8, 4) is 0 Å².